The van der Waals surface area contributed by atoms with Crippen LogP contribution in [0.5, 0.6) is 0 Å². The summed E-state index contributed by atoms with van der Waals surface area (Å²) in [5.74, 6) is 0. The number of halogens is 1. The largest absolute Gasteiger partial charge is 0.260 e. The average Bonchev–Trinajstić information content (AvgIpc) is 1.33. The molecule has 0 bridgehead atoms. The zero-order valence-corrected chi connectivity index (χ0v) is 7.30. The SMILES string of the molecule is CCBr.CS(C)=O. The molecule has 0 aliphatic rings. The van der Waals surface area contributed by atoms with E-state index in [9.17, 15) is 4.21 Å². The van der Waals surface area contributed by atoms with Crippen LogP contribution in [-0.4, -0.2) is 22.1 Å². The molecular weight excluding hydrogens is 176 g/mol. The van der Waals surface area contributed by atoms with Gasteiger partial charge in [0.1, 0.15) is 0 Å². The van der Waals surface area contributed by atoms with E-state index < -0.39 is 10.8 Å². The van der Waals surface area contributed by atoms with Crippen LogP contribution in [0.2, 0.25) is 0 Å². The normalized spacial score (nSPS) is 7.57. The molecule has 0 N–H and O–H groups in total. The predicted molar refractivity (Wildman–Crippen MR) is 39.5 cm³/mol. The molecule has 46 valence electrons. The highest BCUT2D eigenvalue weighted by Gasteiger charge is 1.57. The topological polar surface area (TPSA) is 17.1 Å². The van der Waals surface area contributed by atoms with Crippen molar-refractivity contribution in [3.63, 3.8) is 0 Å². The minimum atomic E-state index is -0.611. The van der Waals surface area contributed by atoms with Crippen LogP contribution in [0.25, 0.3) is 0 Å². The van der Waals surface area contributed by atoms with Crippen LogP contribution in [0, 0.1) is 0 Å². The Hall–Kier alpha value is 0.630. The Bertz CT molecular complexity index is 43.0. The van der Waals surface area contributed by atoms with Crippen molar-refractivity contribution in [2.75, 3.05) is 17.8 Å². The van der Waals surface area contributed by atoms with Crippen LogP contribution >= 0.6 is 15.9 Å². The highest BCUT2D eigenvalue weighted by Crippen LogP contribution is 1.67. The lowest BCUT2D eigenvalue weighted by molar-refractivity contribution is 0.690. The van der Waals surface area contributed by atoms with Gasteiger partial charge in [0.05, 0.1) is 0 Å². The Balaban J connectivity index is 0. The fourth-order valence-corrected chi connectivity index (χ4v) is 0. The van der Waals surface area contributed by atoms with Gasteiger partial charge in [0, 0.05) is 28.6 Å². The van der Waals surface area contributed by atoms with Crippen molar-refractivity contribution in [3.8, 4) is 0 Å². The van der Waals surface area contributed by atoms with E-state index in [2.05, 4.69) is 15.9 Å². The molecule has 0 heterocycles. The van der Waals surface area contributed by atoms with Gasteiger partial charge in [-0.3, -0.25) is 4.21 Å². The third-order valence-corrected chi connectivity index (χ3v) is 0. The zero-order chi connectivity index (χ0) is 6.28. The molecule has 0 spiro atoms. The van der Waals surface area contributed by atoms with Gasteiger partial charge in [-0.05, 0) is 0 Å². The van der Waals surface area contributed by atoms with Crippen LogP contribution in [0.1, 0.15) is 6.92 Å². The van der Waals surface area contributed by atoms with Gasteiger partial charge in [-0.1, -0.05) is 22.9 Å². The molecule has 0 saturated heterocycles. The molecule has 0 amide bonds. The van der Waals surface area contributed by atoms with Crippen molar-refractivity contribution in [3.05, 3.63) is 0 Å². The van der Waals surface area contributed by atoms with Crippen LogP contribution < -0.4 is 0 Å². The lowest BCUT2D eigenvalue weighted by Gasteiger charge is -1.60. The Morgan fingerprint density at radius 2 is 1.57 bits per heavy atom. The van der Waals surface area contributed by atoms with Crippen LogP contribution in [0.4, 0.5) is 0 Å². The third kappa shape index (κ3) is 358. The smallest absolute Gasteiger partial charge is 0.0148 e. The summed E-state index contributed by atoms with van der Waals surface area (Å²) in [5.41, 5.74) is 0. The summed E-state index contributed by atoms with van der Waals surface area (Å²) in [5, 5.41) is 1.06. The summed E-state index contributed by atoms with van der Waals surface area (Å²) in [6.07, 6.45) is 3.28. The molecule has 0 saturated carbocycles. The molecular formula is C4H11BrOS. The highest BCUT2D eigenvalue weighted by molar-refractivity contribution is 9.09. The number of hydrogen-bond acceptors (Lipinski definition) is 1. The first kappa shape index (κ1) is 10.6. The van der Waals surface area contributed by atoms with Crippen LogP contribution in [0.15, 0.2) is 0 Å². The quantitative estimate of drug-likeness (QED) is 0.524. The first-order valence-corrected chi connectivity index (χ1v) is 5.05. The number of hydrogen-bond donors (Lipinski definition) is 0. The maximum absolute atomic E-state index is 9.56. The Labute approximate surface area is 56.1 Å². The van der Waals surface area contributed by atoms with Crippen LogP contribution in [0.3, 0.4) is 0 Å². The molecule has 0 aliphatic heterocycles. The van der Waals surface area contributed by atoms with E-state index >= 15 is 0 Å². The van der Waals surface area contributed by atoms with Crippen molar-refractivity contribution in [1.82, 2.24) is 0 Å². The summed E-state index contributed by atoms with van der Waals surface area (Å²) in [6, 6.07) is 0. The van der Waals surface area contributed by atoms with Crippen molar-refractivity contribution in [1.29, 1.82) is 0 Å². The molecule has 3 heteroatoms. The van der Waals surface area contributed by atoms with Gasteiger partial charge in [-0.25, -0.2) is 0 Å². The fourth-order valence-electron chi connectivity index (χ4n) is 0. The molecule has 0 atom stereocenters. The summed E-state index contributed by atoms with van der Waals surface area (Å²) in [4.78, 5) is 0. The molecule has 0 aromatic heterocycles. The molecule has 0 aromatic rings. The molecule has 1 nitrogen and oxygen atoms in total. The zero-order valence-electron chi connectivity index (χ0n) is 4.90. The van der Waals surface area contributed by atoms with Gasteiger partial charge >= 0.3 is 0 Å². The van der Waals surface area contributed by atoms with Gasteiger partial charge in [0.2, 0.25) is 0 Å². The summed E-state index contributed by atoms with van der Waals surface area (Å²) < 4.78 is 9.56. The molecule has 0 aromatic carbocycles. The van der Waals surface area contributed by atoms with Crippen molar-refractivity contribution < 1.29 is 4.21 Å². The second-order valence-corrected chi connectivity index (χ2v) is 3.61. The van der Waals surface area contributed by atoms with Crippen molar-refractivity contribution >= 4 is 26.7 Å². The number of rotatable bonds is 0. The standard InChI is InChI=1S/C2H5Br.C2H6OS/c1-2-3;1-4(2)3/h2H2,1H3;1-2H3. The Kier molecular flexibility index (Phi) is 14.8. The lowest BCUT2D eigenvalue weighted by Crippen LogP contribution is -1.70. The predicted octanol–water partition coefficient (Wildman–Crippen LogP) is 1.40. The second kappa shape index (κ2) is 9.80. The summed E-state index contributed by atoms with van der Waals surface area (Å²) in [6.45, 7) is 2.04. The first-order chi connectivity index (χ1) is 3.15. The summed E-state index contributed by atoms with van der Waals surface area (Å²) >= 11 is 3.15. The average molecular weight is 187 g/mol. The Morgan fingerprint density at radius 1 is 1.57 bits per heavy atom. The minimum Gasteiger partial charge on any atom is -0.260 e. The van der Waals surface area contributed by atoms with E-state index in [1.54, 1.807) is 12.5 Å². The maximum atomic E-state index is 9.56. The molecule has 0 fully saturated rings. The molecule has 0 radical (unpaired) electrons. The van der Waals surface area contributed by atoms with E-state index in [4.69, 9.17) is 0 Å². The second-order valence-electron chi connectivity index (χ2n) is 1.01. The Morgan fingerprint density at radius 3 is 1.57 bits per heavy atom. The molecule has 7 heavy (non-hydrogen) atoms. The monoisotopic (exact) mass is 186 g/mol. The van der Waals surface area contributed by atoms with Gasteiger partial charge in [0.15, 0.2) is 0 Å². The van der Waals surface area contributed by atoms with Gasteiger partial charge < -0.3 is 0 Å². The van der Waals surface area contributed by atoms with E-state index in [0.29, 0.717) is 0 Å². The molecule has 0 unspecified atom stereocenters. The van der Waals surface area contributed by atoms with Gasteiger partial charge in [-0.15, -0.1) is 0 Å². The van der Waals surface area contributed by atoms with Crippen molar-refractivity contribution in [2.24, 2.45) is 0 Å². The van der Waals surface area contributed by atoms with E-state index in [1.165, 1.54) is 0 Å². The highest BCUT2D eigenvalue weighted by atomic mass is 79.9. The maximum Gasteiger partial charge on any atom is 0.0148 e. The van der Waals surface area contributed by atoms with Crippen molar-refractivity contribution in [2.45, 2.75) is 6.92 Å². The van der Waals surface area contributed by atoms with E-state index in [-0.39, 0.29) is 0 Å². The third-order valence-electron chi connectivity index (χ3n) is 0. The minimum absolute atomic E-state index is 0.611. The van der Waals surface area contributed by atoms with E-state index in [1.807, 2.05) is 6.92 Å². The van der Waals surface area contributed by atoms with Gasteiger partial charge in [-0.2, -0.15) is 0 Å². The first-order valence-electron chi connectivity index (χ1n) is 1.96. The van der Waals surface area contributed by atoms with Crippen LogP contribution in [-0.2, 0) is 10.8 Å². The fraction of sp³-hybridized carbons (Fsp3) is 1.00. The van der Waals surface area contributed by atoms with Gasteiger partial charge in [0.25, 0.3) is 0 Å². The lowest BCUT2D eigenvalue weighted by atomic mass is 11.0. The molecule has 0 rings (SSSR count). The summed E-state index contributed by atoms with van der Waals surface area (Å²) in [7, 11) is -0.611. The molecule has 0 aliphatic carbocycles. The number of alkyl halides is 1. The van der Waals surface area contributed by atoms with E-state index in [0.717, 1.165) is 5.33 Å².